The number of aliphatic hydroxyl groups is 1. The summed E-state index contributed by atoms with van der Waals surface area (Å²) in [7, 11) is 2.20. The lowest BCUT2D eigenvalue weighted by atomic mass is 10.1. The molecule has 0 aliphatic carbocycles. The summed E-state index contributed by atoms with van der Waals surface area (Å²) < 4.78 is 0. The van der Waals surface area contributed by atoms with Crippen molar-refractivity contribution in [3.05, 3.63) is 35.4 Å². The van der Waals surface area contributed by atoms with Crippen molar-refractivity contribution in [2.24, 2.45) is 0 Å². The van der Waals surface area contributed by atoms with E-state index in [1.807, 2.05) is 12.1 Å². The fraction of sp³-hybridized carbons (Fsp3) is 0.647. The van der Waals surface area contributed by atoms with Crippen LogP contribution in [-0.2, 0) is 0 Å². The molecule has 0 spiro atoms. The molecule has 1 N–H and O–H groups in total. The third-order valence-corrected chi connectivity index (χ3v) is 4.36. The molecular weight excluding hydrogens is 248 g/mol. The zero-order chi connectivity index (χ0) is 14.5. The molecule has 1 aromatic rings. The molecular formula is C17H28N2O. The highest BCUT2D eigenvalue weighted by molar-refractivity contribution is 5.23. The number of aliphatic hydroxyl groups excluding tert-OH is 1. The summed E-state index contributed by atoms with van der Waals surface area (Å²) >= 11 is 0. The van der Waals surface area contributed by atoms with Gasteiger partial charge in [-0.1, -0.05) is 36.8 Å². The van der Waals surface area contributed by atoms with Gasteiger partial charge in [0.15, 0.2) is 0 Å². The Kier molecular flexibility index (Phi) is 5.58. The molecule has 0 saturated carbocycles. The van der Waals surface area contributed by atoms with Crippen LogP contribution in [0.1, 0.15) is 37.0 Å². The Bertz CT molecular complexity index is 404. The summed E-state index contributed by atoms with van der Waals surface area (Å²) in [4.78, 5) is 4.88. The van der Waals surface area contributed by atoms with Crippen LogP contribution in [0.2, 0.25) is 0 Å². The summed E-state index contributed by atoms with van der Waals surface area (Å²) in [5.74, 6) is 0. The minimum absolute atomic E-state index is 0.381. The molecule has 0 aromatic heterocycles. The van der Waals surface area contributed by atoms with Crippen molar-refractivity contribution in [3.8, 4) is 0 Å². The van der Waals surface area contributed by atoms with Crippen molar-refractivity contribution in [1.82, 2.24) is 9.80 Å². The Morgan fingerprint density at radius 2 is 1.95 bits per heavy atom. The van der Waals surface area contributed by atoms with Gasteiger partial charge in [-0.3, -0.25) is 4.90 Å². The monoisotopic (exact) mass is 276 g/mol. The molecule has 0 radical (unpaired) electrons. The molecule has 2 atom stereocenters. The second-order valence-electron chi connectivity index (χ2n) is 6.10. The lowest BCUT2D eigenvalue weighted by Gasteiger charge is -2.31. The predicted octanol–water partition coefficient (Wildman–Crippen LogP) is 2.44. The van der Waals surface area contributed by atoms with E-state index >= 15 is 0 Å². The first-order chi connectivity index (χ1) is 9.60. The first-order valence-electron chi connectivity index (χ1n) is 7.77. The highest BCUT2D eigenvalue weighted by Crippen LogP contribution is 2.19. The third-order valence-electron chi connectivity index (χ3n) is 4.36. The molecule has 112 valence electrons. The summed E-state index contributed by atoms with van der Waals surface area (Å²) in [6.07, 6.45) is 1.95. The van der Waals surface area contributed by atoms with E-state index < -0.39 is 0 Å². The molecule has 3 heteroatoms. The van der Waals surface area contributed by atoms with E-state index in [9.17, 15) is 5.11 Å². The van der Waals surface area contributed by atoms with E-state index in [-0.39, 0.29) is 6.10 Å². The average molecular weight is 276 g/mol. The molecule has 1 fully saturated rings. The van der Waals surface area contributed by atoms with Gasteiger partial charge in [0.05, 0.1) is 6.10 Å². The van der Waals surface area contributed by atoms with Crippen LogP contribution < -0.4 is 0 Å². The van der Waals surface area contributed by atoms with E-state index in [1.165, 1.54) is 12.0 Å². The first kappa shape index (κ1) is 15.5. The third kappa shape index (κ3) is 4.05. The van der Waals surface area contributed by atoms with Crippen LogP contribution in [0.15, 0.2) is 24.3 Å². The maximum atomic E-state index is 10.5. The summed E-state index contributed by atoms with van der Waals surface area (Å²) in [5.41, 5.74) is 2.27. The van der Waals surface area contributed by atoms with Crippen molar-refractivity contribution in [1.29, 1.82) is 0 Å². The second kappa shape index (κ2) is 7.21. The Morgan fingerprint density at radius 1 is 1.25 bits per heavy atom. The number of hydrogen-bond donors (Lipinski definition) is 1. The van der Waals surface area contributed by atoms with Crippen molar-refractivity contribution >= 4 is 0 Å². The molecule has 20 heavy (non-hydrogen) atoms. The van der Waals surface area contributed by atoms with E-state index in [1.54, 1.807) is 0 Å². The smallest absolute Gasteiger partial charge is 0.0917 e. The highest BCUT2D eigenvalue weighted by Gasteiger charge is 2.24. The van der Waals surface area contributed by atoms with Gasteiger partial charge in [-0.2, -0.15) is 0 Å². The normalized spacial score (nSPS) is 23.5. The SMILES string of the molecule is CCC1CN(C)CCCN1CC(O)c1ccc(C)cc1. The summed E-state index contributed by atoms with van der Waals surface area (Å²) in [5, 5.41) is 10.5. The Morgan fingerprint density at radius 3 is 2.60 bits per heavy atom. The Labute approximate surface area is 123 Å². The van der Waals surface area contributed by atoms with Gasteiger partial charge in [0.1, 0.15) is 0 Å². The zero-order valence-electron chi connectivity index (χ0n) is 13.0. The summed E-state index contributed by atoms with van der Waals surface area (Å²) in [6.45, 7) is 8.43. The molecule has 1 aromatic carbocycles. The molecule has 1 aliphatic heterocycles. The van der Waals surface area contributed by atoms with Crippen LogP contribution in [-0.4, -0.2) is 54.2 Å². The zero-order valence-corrected chi connectivity index (χ0v) is 13.0. The first-order valence-corrected chi connectivity index (χ1v) is 7.77. The fourth-order valence-corrected chi connectivity index (χ4v) is 3.04. The van der Waals surface area contributed by atoms with Gasteiger partial charge in [0.2, 0.25) is 0 Å². The van der Waals surface area contributed by atoms with Gasteiger partial charge in [-0.25, -0.2) is 0 Å². The van der Waals surface area contributed by atoms with Crippen LogP contribution in [0.4, 0.5) is 0 Å². The highest BCUT2D eigenvalue weighted by atomic mass is 16.3. The Hall–Kier alpha value is -0.900. The van der Waals surface area contributed by atoms with Gasteiger partial charge >= 0.3 is 0 Å². The summed E-state index contributed by atoms with van der Waals surface area (Å²) in [6, 6.07) is 8.80. The second-order valence-corrected chi connectivity index (χ2v) is 6.10. The number of benzene rings is 1. The molecule has 2 unspecified atom stereocenters. The minimum Gasteiger partial charge on any atom is -0.387 e. The maximum absolute atomic E-state index is 10.5. The van der Waals surface area contributed by atoms with Gasteiger partial charge in [-0.05, 0) is 45.5 Å². The molecule has 0 bridgehead atoms. The van der Waals surface area contributed by atoms with Crippen LogP contribution >= 0.6 is 0 Å². The number of likely N-dealkylation sites (N-methyl/N-ethyl adjacent to an activating group) is 1. The molecule has 3 nitrogen and oxygen atoms in total. The van der Waals surface area contributed by atoms with Crippen molar-refractivity contribution < 1.29 is 5.11 Å². The van der Waals surface area contributed by atoms with Gasteiger partial charge < -0.3 is 10.0 Å². The van der Waals surface area contributed by atoms with Crippen molar-refractivity contribution in [2.75, 3.05) is 33.2 Å². The maximum Gasteiger partial charge on any atom is 0.0917 e. The lowest BCUT2D eigenvalue weighted by molar-refractivity contribution is 0.0853. The number of hydrogen-bond acceptors (Lipinski definition) is 3. The predicted molar refractivity (Wildman–Crippen MR) is 83.9 cm³/mol. The van der Waals surface area contributed by atoms with Crippen LogP contribution in [0.25, 0.3) is 0 Å². The van der Waals surface area contributed by atoms with E-state index in [0.29, 0.717) is 6.04 Å². The standard InChI is InChI=1S/C17H28N2O/c1-4-16-12-18(3)10-5-11-19(16)13-17(20)15-8-6-14(2)7-9-15/h6-9,16-17,20H,4-5,10-13H2,1-3H3. The average Bonchev–Trinajstić information content (AvgIpc) is 2.61. The number of nitrogens with zero attached hydrogens (tertiary/aromatic N) is 2. The van der Waals surface area contributed by atoms with Gasteiger partial charge in [-0.15, -0.1) is 0 Å². The largest absolute Gasteiger partial charge is 0.387 e. The Balaban J connectivity index is 2.01. The number of β-amino-alcohol motifs (C(OH)–C–C–N with tert-alkyl or cyclic N) is 1. The molecule has 1 saturated heterocycles. The van der Waals surface area contributed by atoms with Crippen LogP contribution in [0.3, 0.4) is 0 Å². The molecule has 2 rings (SSSR count). The lowest BCUT2D eigenvalue weighted by Crippen LogP contribution is -2.41. The molecule has 1 aliphatic rings. The van der Waals surface area contributed by atoms with Gasteiger partial charge in [0, 0.05) is 19.1 Å². The van der Waals surface area contributed by atoms with Crippen molar-refractivity contribution in [2.45, 2.75) is 38.8 Å². The van der Waals surface area contributed by atoms with Crippen molar-refractivity contribution in [3.63, 3.8) is 0 Å². The van der Waals surface area contributed by atoms with Gasteiger partial charge in [0.25, 0.3) is 0 Å². The quantitative estimate of drug-likeness (QED) is 0.915. The topological polar surface area (TPSA) is 26.7 Å². The van der Waals surface area contributed by atoms with Crippen LogP contribution in [0.5, 0.6) is 0 Å². The number of aryl methyl sites for hydroxylation is 1. The fourth-order valence-electron chi connectivity index (χ4n) is 3.04. The van der Waals surface area contributed by atoms with Crippen LogP contribution in [0, 0.1) is 6.92 Å². The van der Waals surface area contributed by atoms with E-state index in [0.717, 1.165) is 38.2 Å². The van der Waals surface area contributed by atoms with E-state index in [4.69, 9.17) is 0 Å². The number of rotatable bonds is 4. The molecule has 0 amide bonds. The van der Waals surface area contributed by atoms with E-state index in [2.05, 4.69) is 42.8 Å². The minimum atomic E-state index is -0.381. The molecule has 1 heterocycles.